The van der Waals surface area contributed by atoms with Gasteiger partial charge in [0.05, 0.1) is 0 Å². The van der Waals surface area contributed by atoms with E-state index in [1.165, 1.54) is 5.69 Å². The average Bonchev–Trinajstić information content (AvgIpc) is 2.26. The monoisotopic (exact) mass is 190 g/mol. The van der Waals surface area contributed by atoms with Gasteiger partial charge in [0.2, 0.25) is 0 Å². The van der Waals surface area contributed by atoms with Crippen LogP contribution in [0.15, 0.2) is 42.5 Å². The molecular weight excluding hydrogens is 172 g/mol. The Morgan fingerprint density at radius 3 is 2.50 bits per heavy atom. The van der Waals surface area contributed by atoms with E-state index in [9.17, 15) is 0 Å². The van der Waals surface area contributed by atoms with Crippen molar-refractivity contribution in [3.8, 4) is 0 Å². The molecule has 0 heterocycles. The zero-order valence-corrected chi connectivity index (χ0v) is 8.74. The number of rotatable bonds is 5. The van der Waals surface area contributed by atoms with Crippen LogP contribution in [0.5, 0.6) is 0 Å². The van der Waals surface area contributed by atoms with Crippen molar-refractivity contribution in [2.45, 2.75) is 6.92 Å². The summed E-state index contributed by atoms with van der Waals surface area (Å²) in [5, 5.41) is 0. The molecule has 0 radical (unpaired) electrons. The van der Waals surface area contributed by atoms with Gasteiger partial charge in [0, 0.05) is 25.3 Å². The molecule has 0 aliphatic carbocycles. The molecule has 1 aromatic rings. The summed E-state index contributed by atoms with van der Waals surface area (Å²) in [4.78, 5) is 2.26. The normalized spacial score (nSPS) is 9.86. The molecule has 76 valence electrons. The fourth-order valence-electron chi connectivity index (χ4n) is 1.36. The molecule has 0 saturated carbocycles. The fourth-order valence-corrected chi connectivity index (χ4v) is 1.36. The first-order chi connectivity index (χ1) is 6.77. The van der Waals surface area contributed by atoms with Crippen molar-refractivity contribution in [2.75, 3.05) is 24.5 Å². The van der Waals surface area contributed by atoms with Gasteiger partial charge in [-0.2, -0.15) is 0 Å². The van der Waals surface area contributed by atoms with Gasteiger partial charge in [0.15, 0.2) is 0 Å². The van der Waals surface area contributed by atoms with Crippen molar-refractivity contribution in [1.82, 2.24) is 0 Å². The Bertz CT molecular complexity index is 280. The van der Waals surface area contributed by atoms with Crippen LogP contribution >= 0.6 is 0 Å². The van der Waals surface area contributed by atoms with E-state index in [1.54, 1.807) is 0 Å². The molecule has 0 spiro atoms. The second kappa shape index (κ2) is 5.45. The molecule has 1 rings (SSSR count). The highest BCUT2D eigenvalue weighted by atomic mass is 15.1. The van der Waals surface area contributed by atoms with Gasteiger partial charge in [0.1, 0.15) is 0 Å². The smallest absolute Gasteiger partial charge is 0.0398 e. The van der Waals surface area contributed by atoms with Crippen LogP contribution in [0, 0.1) is 0 Å². The third-order valence-corrected chi connectivity index (χ3v) is 2.21. The molecule has 0 atom stereocenters. The van der Waals surface area contributed by atoms with Gasteiger partial charge in [-0.3, -0.25) is 0 Å². The second-order valence-electron chi connectivity index (χ2n) is 3.30. The Balaban J connectivity index is 2.68. The van der Waals surface area contributed by atoms with Crippen molar-refractivity contribution in [2.24, 2.45) is 5.73 Å². The van der Waals surface area contributed by atoms with E-state index in [0.717, 1.165) is 18.7 Å². The van der Waals surface area contributed by atoms with Crippen molar-refractivity contribution < 1.29 is 0 Å². The summed E-state index contributed by atoms with van der Waals surface area (Å²) >= 11 is 0. The maximum Gasteiger partial charge on any atom is 0.0398 e. The Morgan fingerprint density at radius 2 is 2.00 bits per heavy atom. The fraction of sp³-hybridized carbons (Fsp3) is 0.333. The number of hydrogen-bond acceptors (Lipinski definition) is 2. The van der Waals surface area contributed by atoms with E-state index in [4.69, 9.17) is 5.73 Å². The second-order valence-corrected chi connectivity index (χ2v) is 3.30. The first-order valence-electron chi connectivity index (χ1n) is 4.94. The van der Waals surface area contributed by atoms with Crippen LogP contribution in [0.25, 0.3) is 0 Å². The molecule has 1 aromatic carbocycles. The minimum Gasteiger partial charge on any atom is -0.368 e. The SMILES string of the molecule is C=C(CN)CN(CC)c1ccccc1. The number of nitrogens with zero attached hydrogens (tertiary/aromatic N) is 1. The summed E-state index contributed by atoms with van der Waals surface area (Å²) in [5.74, 6) is 0. The molecule has 0 aliphatic rings. The van der Waals surface area contributed by atoms with Crippen LogP contribution in [-0.2, 0) is 0 Å². The highest BCUT2D eigenvalue weighted by Gasteiger charge is 2.03. The molecule has 2 heteroatoms. The summed E-state index contributed by atoms with van der Waals surface area (Å²) in [7, 11) is 0. The van der Waals surface area contributed by atoms with E-state index in [-0.39, 0.29) is 0 Å². The van der Waals surface area contributed by atoms with Crippen LogP contribution in [0.2, 0.25) is 0 Å². The lowest BCUT2D eigenvalue weighted by Crippen LogP contribution is -2.27. The van der Waals surface area contributed by atoms with E-state index in [0.29, 0.717) is 6.54 Å². The van der Waals surface area contributed by atoms with Crippen LogP contribution in [0.1, 0.15) is 6.92 Å². The van der Waals surface area contributed by atoms with E-state index < -0.39 is 0 Å². The number of anilines is 1. The Morgan fingerprint density at radius 1 is 1.36 bits per heavy atom. The van der Waals surface area contributed by atoms with Crippen LogP contribution in [0.4, 0.5) is 5.69 Å². The predicted octanol–water partition coefficient (Wildman–Crippen LogP) is 2.03. The summed E-state index contributed by atoms with van der Waals surface area (Å²) in [6.07, 6.45) is 0. The summed E-state index contributed by atoms with van der Waals surface area (Å²) in [6, 6.07) is 10.3. The van der Waals surface area contributed by atoms with Crippen molar-refractivity contribution >= 4 is 5.69 Å². The molecule has 14 heavy (non-hydrogen) atoms. The molecule has 2 N–H and O–H groups in total. The Hall–Kier alpha value is -1.28. The lowest BCUT2D eigenvalue weighted by molar-refractivity contribution is 0.864. The van der Waals surface area contributed by atoms with Gasteiger partial charge in [-0.1, -0.05) is 24.8 Å². The number of nitrogens with two attached hydrogens (primary N) is 1. The zero-order chi connectivity index (χ0) is 10.4. The maximum absolute atomic E-state index is 5.53. The largest absolute Gasteiger partial charge is 0.368 e. The molecular formula is C12H18N2. The lowest BCUT2D eigenvalue weighted by Gasteiger charge is -2.23. The van der Waals surface area contributed by atoms with Gasteiger partial charge in [0.25, 0.3) is 0 Å². The highest BCUT2D eigenvalue weighted by Crippen LogP contribution is 2.13. The number of benzene rings is 1. The molecule has 0 aliphatic heterocycles. The van der Waals surface area contributed by atoms with Crippen LogP contribution in [-0.4, -0.2) is 19.6 Å². The van der Waals surface area contributed by atoms with Gasteiger partial charge >= 0.3 is 0 Å². The van der Waals surface area contributed by atoms with Gasteiger partial charge in [-0.15, -0.1) is 0 Å². The standard InChI is InChI=1S/C12H18N2/c1-3-14(10-11(2)9-13)12-7-5-4-6-8-12/h4-8H,2-3,9-10,13H2,1H3. The van der Waals surface area contributed by atoms with Crippen LogP contribution < -0.4 is 10.6 Å². The van der Waals surface area contributed by atoms with Crippen molar-refractivity contribution in [3.05, 3.63) is 42.5 Å². The third kappa shape index (κ3) is 2.89. The molecule has 0 fully saturated rings. The minimum atomic E-state index is 0.559. The number of para-hydroxylation sites is 1. The predicted molar refractivity (Wildman–Crippen MR) is 62.5 cm³/mol. The lowest BCUT2D eigenvalue weighted by atomic mass is 10.2. The molecule has 0 unspecified atom stereocenters. The van der Waals surface area contributed by atoms with Gasteiger partial charge < -0.3 is 10.6 Å². The van der Waals surface area contributed by atoms with Crippen LogP contribution in [0.3, 0.4) is 0 Å². The maximum atomic E-state index is 5.53. The Labute approximate surface area is 86.0 Å². The summed E-state index contributed by atoms with van der Waals surface area (Å²) in [5.41, 5.74) is 7.82. The summed E-state index contributed by atoms with van der Waals surface area (Å²) < 4.78 is 0. The molecule has 0 bridgehead atoms. The topological polar surface area (TPSA) is 29.3 Å². The van der Waals surface area contributed by atoms with Gasteiger partial charge in [-0.05, 0) is 24.6 Å². The van der Waals surface area contributed by atoms with Crippen molar-refractivity contribution in [3.63, 3.8) is 0 Å². The minimum absolute atomic E-state index is 0.559. The van der Waals surface area contributed by atoms with E-state index in [2.05, 4.69) is 30.5 Å². The third-order valence-electron chi connectivity index (χ3n) is 2.21. The van der Waals surface area contributed by atoms with E-state index in [1.807, 2.05) is 18.2 Å². The molecule has 0 amide bonds. The zero-order valence-electron chi connectivity index (χ0n) is 8.74. The number of hydrogen-bond donors (Lipinski definition) is 1. The van der Waals surface area contributed by atoms with E-state index >= 15 is 0 Å². The summed E-state index contributed by atoms with van der Waals surface area (Å²) in [6.45, 7) is 8.43. The highest BCUT2D eigenvalue weighted by molar-refractivity contribution is 5.47. The molecule has 0 aromatic heterocycles. The molecule has 0 saturated heterocycles. The first kappa shape index (κ1) is 10.8. The number of likely N-dealkylation sites (N-methyl/N-ethyl adjacent to an activating group) is 1. The first-order valence-corrected chi connectivity index (χ1v) is 4.94. The van der Waals surface area contributed by atoms with Gasteiger partial charge in [-0.25, -0.2) is 0 Å². The van der Waals surface area contributed by atoms with Crippen molar-refractivity contribution in [1.29, 1.82) is 0 Å². The molecule has 2 nitrogen and oxygen atoms in total. The quantitative estimate of drug-likeness (QED) is 0.720. The Kier molecular flexibility index (Phi) is 4.20. The average molecular weight is 190 g/mol.